The molecule has 0 aliphatic heterocycles. The lowest BCUT2D eigenvalue weighted by Crippen LogP contribution is -2.54. The van der Waals surface area contributed by atoms with E-state index in [4.69, 9.17) is 5.11 Å². The van der Waals surface area contributed by atoms with Gasteiger partial charge in [-0.3, -0.25) is 14.9 Å². The molecule has 0 fully saturated rings. The Morgan fingerprint density at radius 2 is 2.00 bits per heavy atom. The molecule has 1 unspecified atom stereocenters. The Balaban J connectivity index is 4.47. The van der Waals surface area contributed by atoms with Crippen LogP contribution in [-0.2, 0) is 14.3 Å². The maximum atomic E-state index is 11.2. The van der Waals surface area contributed by atoms with Gasteiger partial charge >= 0.3 is 11.9 Å². The molecule has 0 aromatic rings. The van der Waals surface area contributed by atoms with Crippen molar-refractivity contribution in [3.63, 3.8) is 0 Å². The number of aliphatic carboxylic acids is 1. The van der Waals surface area contributed by atoms with Crippen LogP contribution in [-0.4, -0.2) is 35.7 Å². The summed E-state index contributed by atoms with van der Waals surface area (Å²) >= 11 is 0. The van der Waals surface area contributed by atoms with Gasteiger partial charge in [0.25, 0.3) is 0 Å². The monoisotopic (exact) mass is 203 g/mol. The Bertz CT molecular complexity index is 225. The lowest BCUT2D eigenvalue weighted by molar-refractivity contribution is -0.149. The minimum absolute atomic E-state index is 0.412. The molecular formula is C9H17NO4. The van der Waals surface area contributed by atoms with Crippen LogP contribution < -0.4 is 5.32 Å². The molecule has 0 heterocycles. The van der Waals surface area contributed by atoms with E-state index in [9.17, 15) is 9.59 Å². The maximum Gasteiger partial charge on any atom is 0.325 e. The maximum absolute atomic E-state index is 11.2. The molecule has 5 heteroatoms. The van der Waals surface area contributed by atoms with E-state index in [2.05, 4.69) is 10.1 Å². The first-order chi connectivity index (χ1) is 6.35. The Morgan fingerprint density at radius 3 is 2.29 bits per heavy atom. The third-order valence-electron chi connectivity index (χ3n) is 1.94. The van der Waals surface area contributed by atoms with E-state index in [1.165, 1.54) is 7.11 Å². The van der Waals surface area contributed by atoms with Gasteiger partial charge in [-0.1, -0.05) is 6.92 Å². The molecule has 0 aromatic heterocycles. The smallest absolute Gasteiger partial charge is 0.325 e. The molecule has 0 amide bonds. The van der Waals surface area contributed by atoms with Gasteiger partial charge < -0.3 is 9.84 Å². The van der Waals surface area contributed by atoms with E-state index < -0.39 is 23.5 Å². The lowest BCUT2D eigenvalue weighted by atomic mass is 10.0. The van der Waals surface area contributed by atoms with E-state index >= 15 is 0 Å². The van der Waals surface area contributed by atoms with Crippen LogP contribution in [0.15, 0.2) is 0 Å². The van der Waals surface area contributed by atoms with Crippen molar-refractivity contribution in [2.75, 3.05) is 7.11 Å². The first kappa shape index (κ1) is 12.9. The molecule has 0 saturated heterocycles. The number of esters is 1. The summed E-state index contributed by atoms with van der Waals surface area (Å²) in [5.41, 5.74) is -0.978. The van der Waals surface area contributed by atoms with E-state index in [-0.39, 0.29) is 0 Å². The van der Waals surface area contributed by atoms with Crippen LogP contribution >= 0.6 is 0 Å². The summed E-state index contributed by atoms with van der Waals surface area (Å²) in [5.74, 6) is -1.44. The number of carbonyl (C=O) groups excluding carboxylic acids is 1. The molecular weight excluding hydrogens is 186 g/mol. The fraction of sp³-hybridized carbons (Fsp3) is 0.778. The van der Waals surface area contributed by atoms with Crippen LogP contribution in [0.25, 0.3) is 0 Å². The largest absolute Gasteiger partial charge is 0.480 e. The number of carboxylic acids is 1. The number of methoxy groups -OCH3 is 1. The fourth-order valence-corrected chi connectivity index (χ4v) is 1.09. The molecule has 2 N–H and O–H groups in total. The third kappa shape index (κ3) is 3.33. The first-order valence-electron chi connectivity index (χ1n) is 4.44. The number of carbonyl (C=O) groups is 2. The molecule has 0 rings (SSSR count). The van der Waals surface area contributed by atoms with Gasteiger partial charge in [-0.25, -0.2) is 0 Å². The molecule has 0 saturated carbocycles. The van der Waals surface area contributed by atoms with Gasteiger partial charge in [-0.2, -0.15) is 0 Å². The molecule has 0 bridgehead atoms. The summed E-state index contributed by atoms with van der Waals surface area (Å²) < 4.78 is 4.55. The van der Waals surface area contributed by atoms with Crippen LogP contribution in [0.4, 0.5) is 0 Å². The van der Waals surface area contributed by atoms with Gasteiger partial charge in [0.2, 0.25) is 0 Å². The van der Waals surface area contributed by atoms with Gasteiger partial charge in [0.1, 0.15) is 11.6 Å². The first-order valence-corrected chi connectivity index (χ1v) is 4.44. The Morgan fingerprint density at radius 1 is 1.50 bits per heavy atom. The van der Waals surface area contributed by atoms with Gasteiger partial charge in [0, 0.05) is 0 Å². The van der Waals surface area contributed by atoms with Gasteiger partial charge in [-0.15, -0.1) is 0 Å². The predicted molar refractivity (Wildman–Crippen MR) is 50.9 cm³/mol. The molecule has 0 spiro atoms. The Labute approximate surface area is 83.4 Å². The minimum Gasteiger partial charge on any atom is -0.480 e. The van der Waals surface area contributed by atoms with Crippen LogP contribution in [0.2, 0.25) is 0 Å². The van der Waals surface area contributed by atoms with Crippen LogP contribution in [0.3, 0.4) is 0 Å². The van der Waals surface area contributed by atoms with Crippen molar-refractivity contribution in [1.82, 2.24) is 5.32 Å². The van der Waals surface area contributed by atoms with Gasteiger partial charge in [0.15, 0.2) is 0 Å². The molecule has 0 radical (unpaired) electrons. The van der Waals surface area contributed by atoms with Crippen molar-refractivity contribution >= 4 is 11.9 Å². The summed E-state index contributed by atoms with van der Waals surface area (Å²) in [6.07, 6.45) is 0.412. The highest BCUT2D eigenvalue weighted by Gasteiger charge is 2.32. The molecule has 5 nitrogen and oxygen atoms in total. The van der Waals surface area contributed by atoms with Crippen LogP contribution in [0, 0.1) is 0 Å². The van der Waals surface area contributed by atoms with Crippen molar-refractivity contribution in [1.29, 1.82) is 0 Å². The van der Waals surface area contributed by atoms with Crippen molar-refractivity contribution < 1.29 is 19.4 Å². The van der Waals surface area contributed by atoms with E-state index in [0.717, 1.165) is 0 Å². The second-order valence-electron chi connectivity index (χ2n) is 3.56. The summed E-state index contributed by atoms with van der Waals surface area (Å²) in [4.78, 5) is 21.9. The Hall–Kier alpha value is -1.10. The lowest BCUT2D eigenvalue weighted by Gasteiger charge is -2.26. The third-order valence-corrected chi connectivity index (χ3v) is 1.94. The molecule has 0 aliphatic rings. The summed E-state index contributed by atoms with van der Waals surface area (Å²) in [5, 5.41) is 11.5. The van der Waals surface area contributed by atoms with E-state index in [0.29, 0.717) is 6.42 Å². The average molecular weight is 203 g/mol. The molecule has 0 aromatic carbocycles. The highest BCUT2D eigenvalue weighted by Crippen LogP contribution is 2.07. The molecule has 0 aliphatic carbocycles. The molecule has 14 heavy (non-hydrogen) atoms. The number of ether oxygens (including phenoxy) is 1. The topological polar surface area (TPSA) is 75.6 Å². The van der Waals surface area contributed by atoms with Crippen molar-refractivity contribution in [2.24, 2.45) is 0 Å². The number of hydrogen-bond acceptors (Lipinski definition) is 4. The highest BCUT2D eigenvalue weighted by molar-refractivity contribution is 5.81. The normalized spacial score (nSPS) is 13.4. The number of nitrogens with one attached hydrogen (secondary N) is 1. The standard InChI is InChI=1S/C9H17NO4/c1-5-6(7(11)12)10-9(2,3)8(13)14-4/h6,10H,5H2,1-4H3,(H,11,12). The van der Waals surface area contributed by atoms with E-state index in [1.807, 2.05) is 0 Å². The van der Waals surface area contributed by atoms with Crippen molar-refractivity contribution in [3.05, 3.63) is 0 Å². The van der Waals surface area contributed by atoms with Crippen LogP contribution in [0.1, 0.15) is 27.2 Å². The molecule has 82 valence electrons. The number of rotatable bonds is 5. The second kappa shape index (κ2) is 4.95. The zero-order valence-electron chi connectivity index (χ0n) is 8.96. The van der Waals surface area contributed by atoms with E-state index in [1.54, 1.807) is 20.8 Å². The highest BCUT2D eigenvalue weighted by atomic mass is 16.5. The zero-order valence-corrected chi connectivity index (χ0v) is 8.96. The van der Waals surface area contributed by atoms with Crippen molar-refractivity contribution in [2.45, 2.75) is 38.8 Å². The fourth-order valence-electron chi connectivity index (χ4n) is 1.09. The SMILES string of the molecule is CCC(NC(C)(C)C(=O)OC)C(=O)O. The average Bonchev–Trinajstić information content (AvgIpc) is 2.12. The minimum atomic E-state index is -0.978. The van der Waals surface area contributed by atoms with Crippen molar-refractivity contribution in [3.8, 4) is 0 Å². The summed E-state index contributed by atoms with van der Waals surface area (Å²) in [6, 6.07) is -0.732. The number of carboxylic acid groups (broad SMARTS) is 1. The van der Waals surface area contributed by atoms with Crippen LogP contribution in [0.5, 0.6) is 0 Å². The predicted octanol–water partition coefficient (Wildman–Crippen LogP) is 0.391. The Kier molecular flexibility index (Phi) is 4.56. The second-order valence-corrected chi connectivity index (χ2v) is 3.56. The molecule has 1 atom stereocenters. The summed E-state index contributed by atoms with van der Waals surface area (Å²) in [6.45, 7) is 4.91. The summed E-state index contributed by atoms with van der Waals surface area (Å²) in [7, 11) is 1.27. The zero-order chi connectivity index (χ0) is 11.4. The quantitative estimate of drug-likeness (QED) is 0.632. The van der Waals surface area contributed by atoms with Gasteiger partial charge in [-0.05, 0) is 20.3 Å². The van der Waals surface area contributed by atoms with Gasteiger partial charge in [0.05, 0.1) is 7.11 Å². The number of hydrogen-bond donors (Lipinski definition) is 2.